The van der Waals surface area contributed by atoms with Gasteiger partial charge in [-0.05, 0) is 42.5 Å². The third-order valence-electron chi connectivity index (χ3n) is 3.68. The van der Waals surface area contributed by atoms with E-state index in [1.54, 1.807) is 0 Å². The number of hydrogen-bond donors (Lipinski definition) is 1. The summed E-state index contributed by atoms with van der Waals surface area (Å²) in [6.07, 6.45) is 1.06. The van der Waals surface area contributed by atoms with E-state index in [1.165, 1.54) is 6.07 Å². The lowest BCUT2D eigenvalue weighted by Gasteiger charge is -2.20. The van der Waals surface area contributed by atoms with Crippen LogP contribution in [0, 0.1) is 23.0 Å². The largest absolute Gasteiger partial charge is 0.313 e. The molecule has 1 saturated carbocycles. The Balaban J connectivity index is 2.35. The predicted octanol–water partition coefficient (Wildman–Crippen LogP) is 3.92. The summed E-state index contributed by atoms with van der Waals surface area (Å²) in [4.78, 5) is 0. The average Bonchev–Trinajstić information content (AvgIpc) is 2.84. The van der Waals surface area contributed by atoms with Crippen molar-refractivity contribution in [2.45, 2.75) is 26.3 Å². The van der Waals surface area contributed by atoms with Crippen LogP contribution in [0.3, 0.4) is 0 Å². The van der Waals surface area contributed by atoms with Crippen molar-refractivity contribution in [3.8, 4) is 0 Å². The van der Waals surface area contributed by atoms with Gasteiger partial charge in [0, 0.05) is 11.1 Å². The summed E-state index contributed by atoms with van der Waals surface area (Å²) in [7, 11) is 1.82. The molecule has 0 spiro atoms. The van der Waals surface area contributed by atoms with Gasteiger partial charge in [0.2, 0.25) is 0 Å². The average molecular weight is 260 g/mol. The first-order valence-electron chi connectivity index (χ1n) is 5.68. The van der Waals surface area contributed by atoms with Gasteiger partial charge in [-0.3, -0.25) is 0 Å². The van der Waals surface area contributed by atoms with E-state index in [0.29, 0.717) is 11.5 Å². The molecule has 0 bridgehead atoms. The van der Waals surface area contributed by atoms with E-state index in [9.17, 15) is 8.78 Å². The second-order valence-electron chi connectivity index (χ2n) is 5.35. The van der Waals surface area contributed by atoms with Gasteiger partial charge >= 0.3 is 0 Å². The summed E-state index contributed by atoms with van der Waals surface area (Å²) in [6.45, 7) is 4.32. The van der Waals surface area contributed by atoms with Crippen LogP contribution in [0.1, 0.15) is 31.9 Å². The Bertz CT molecular complexity index is 445. The molecule has 1 aliphatic carbocycles. The van der Waals surface area contributed by atoms with Crippen LogP contribution in [-0.2, 0) is 0 Å². The molecule has 1 nitrogen and oxygen atoms in total. The Morgan fingerprint density at radius 3 is 2.35 bits per heavy atom. The molecule has 94 valence electrons. The van der Waals surface area contributed by atoms with Crippen LogP contribution in [-0.4, -0.2) is 7.05 Å². The van der Waals surface area contributed by atoms with Crippen LogP contribution in [0.25, 0.3) is 0 Å². The van der Waals surface area contributed by atoms with Crippen molar-refractivity contribution in [1.29, 1.82) is 0 Å². The molecule has 4 heteroatoms. The first-order valence-corrected chi connectivity index (χ1v) is 6.06. The molecule has 17 heavy (non-hydrogen) atoms. The summed E-state index contributed by atoms with van der Waals surface area (Å²) >= 11 is 5.99. The van der Waals surface area contributed by atoms with Gasteiger partial charge in [-0.2, -0.15) is 0 Å². The van der Waals surface area contributed by atoms with E-state index < -0.39 is 11.6 Å². The van der Waals surface area contributed by atoms with Crippen LogP contribution in [0.2, 0.25) is 5.02 Å². The molecular weight excluding hydrogens is 244 g/mol. The summed E-state index contributed by atoms with van der Waals surface area (Å²) in [5.41, 5.74) is 0.880. The molecule has 1 aromatic rings. The predicted molar refractivity (Wildman–Crippen MR) is 65.1 cm³/mol. The minimum atomic E-state index is -0.899. The Morgan fingerprint density at radius 1 is 1.35 bits per heavy atom. The van der Waals surface area contributed by atoms with Crippen molar-refractivity contribution in [2.75, 3.05) is 7.05 Å². The van der Waals surface area contributed by atoms with Gasteiger partial charge < -0.3 is 5.32 Å². The zero-order valence-corrected chi connectivity index (χ0v) is 10.9. The molecule has 0 amide bonds. The summed E-state index contributed by atoms with van der Waals surface area (Å²) in [5.74, 6) is -1.33. The highest BCUT2D eigenvalue weighted by molar-refractivity contribution is 6.31. The molecule has 0 saturated heterocycles. The van der Waals surface area contributed by atoms with Gasteiger partial charge in [0.15, 0.2) is 11.6 Å². The quantitative estimate of drug-likeness (QED) is 0.811. The highest BCUT2D eigenvalue weighted by Gasteiger charge is 2.50. The molecule has 0 radical (unpaired) electrons. The Hall–Kier alpha value is -0.670. The third-order valence-corrected chi connectivity index (χ3v) is 4.01. The molecule has 2 unspecified atom stereocenters. The number of benzene rings is 1. The number of rotatable bonds is 3. The van der Waals surface area contributed by atoms with Gasteiger partial charge in [0.1, 0.15) is 0 Å². The zero-order valence-electron chi connectivity index (χ0n) is 10.2. The maximum Gasteiger partial charge on any atom is 0.160 e. The van der Waals surface area contributed by atoms with Crippen LogP contribution < -0.4 is 5.32 Å². The smallest absolute Gasteiger partial charge is 0.160 e. The van der Waals surface area contributed by atoms with Gasteiger partial charge in [0.25, 0.3) is 0 Å². The minimum Gasteiger partial charge on any atom is -0.313 e. The second kappa shape index (κ2) is 4.21. The highest BCUT2D eigenvalue weighted by atomic mass is 35.5. The van der Waals surface area contributed by atoms with E-state index in [4.69, 9.17) is 11.6 Å². The number of nitrogens with one attached hydrogen (secondary N) is 1. The maximum absolute atomic E-state index is 13.3. The normalized spacial score (nSPS) is 23.5. The van der Waals surface area contributed by atoms with Crippen LogP contribution in [0.4, 0.5) is 8.78 Å². The van der Waals surface area contributed by atoms with Gasteiger partial charge in [-0.15, -0.1) is 0 Å². The second-order valence-corrected chi connectivity index (χ2v) is 5.76. The molecule has 1 aromatic carbocycles. The SMILES string of the molecule is CNC(c1cc(F)c(F)cc1Cl)C1CC1(C)C. The summed E-state index contributed by atoms with van der Waals surface area (Å²) < 4.78 is 26.3. The van der Waals surface area contributed by atoms with Crippen LogP contribution in [0.5, 0.6) is 0 Å². The summed E-state index contributed by atoms with van der Waals surface area (Å²) in [6, 6.07) is 2.23. The molecular formula is C13H16ClF2N. The van der Waals surface area contributed by atoms with Crippen LogP contribution >= 0.6 is 11.6 Å². The standard InChI is InChI=1S/C13H16ClF2N/c1-13(2)6-8(13)12(17-3)7-4-10(15)11(16)5-9(7)14/h4-5,8,12,17H,6H2,1-3H3. The Morgan fingerprint density at radius 2 is 1.88 bits per heavy atom. The Kier molecular flexibility index (Phi) is 3.17. The molecule has 1 fully saturated rings. The van der Waals surface area contributed by atoms with Crippen LogP contribution in [0.15, 0.2) is 12.1 Å². The fourth-order valence-corrected chi connectivity index (χ4v) is 2.69. The number of hydrogen-bond acceptors (Lipinski definition) is 1. The molecule has 2 rings (SSSR count). The fraction of sp³-hybridized carbons (Fsp3) is 0.538. The Labute approximate surface area is 105 Å². The van der Waals surface area contributed by atoms with Crippen molar-refractivity contribution in [3.05, 3.63) is 34.4 Å². The molecule has 0 aliphatic heterocycles. The number of halogens is 3. The first-order chi connectivity index (χ1) is 7.86. The van der Waals surface area contributed by atoms with Crippen molar-refractivity contribution in [3.63, 3.8) is 0 Å². The van der Waals surface area contributed by atoms with Gasteiger partial charge in [-0.25, -0.2) is 8.78 Å². The zero-order chi connectivity index (χ0) is 12.8. The van der Waals surface area contributed by atoms with E-state index in [2.05, 4.69) is 19.2 Å². The van der Waals surface area contributed by atoms with Crippen molar-refractivity contribution in [2.24, 2.45) is 11.3 Å². The maximum atomic E-state index is 13.3. The molecule has 0 heterocycles. The van der Waals surface area contributed by atoms with E-state index >= 15 is 0 Å². The van der Waals surface area contributed by atoms with E-state index in [0.717, 1.165) is 12.5 Å². The van der Waals surface area contributed by atoms with E-state index in [1.807, 2.05) is 7.05 Å². The van der Waals surface area contributed by atoms with Gasteiger partial charge in [-0.1, -0.05) is 25.4 Å². The van der Waals surface area contributed by atoms with Crippen molar-refractivity contribution < 1.29 is 8.78 Å². The van der Waals surface area contributed by atoms with E-state index in [-0.39, 0.29) is 16.5 Å². The highest BCUT2D eigenvalue weighted by Crippen LogP contribution is 2.58. The minimum absolute atomic E-state index is 0.0207. The molecule has 1 aliphatic rings. The fourth-order valence-electron chi connectivity index (χ4n) is 2.43. The molecule has 2 atom stereocenters. The molecule has 1 N–H and O–H groups in total. The third kappa shape index (κ3) is 2.31. The van der Waals surface area contributed by atoms with Gasteiger partial charge in [0.05, 0.1) is 0 Å². The lowest BCUT2D eigenvalue weighted by Crippen LogP contribution is -2.21. The topological polar surface area (TPSA) is 12.0 Å². The lowest BCUT2D eigenvalue weighted by molar-refractivity contribution is 0.436. The van der Waals surface area contributed by atoms with Crippen molar-refractivity contribution in [1.82, 2.24) is 5.32 Å². The lowest BCUT2D eigenvalue weighted by atomic mass is 9.97. The molecule has 0 aromatic heterocycles. The monoisotopic (exact) mass is 259 g/mol. The van der Waals surface area contributed by atoms with Crippen molar-refractivity contribution >= 4 is 11.6 Å². The first kappa shape index (κ1) is 12.8. The summed E-state index contributed by atoms with van der Waals surface area (Å²) in [5, 5.41) is 3.43.